The number of hydrogen-bond acceptors (Lipinski definition) is 3. The lowest BCUT2D eigenvalue weighted by Gasteiger charge is -2.14. The highest BCUT2D eigenvalue weighted by molar-refractivity contribution is 5.86. The third kappa shape index (κ3) is 3.49. The highest BCUT2D eigenvalue weighted by Gasteiger charge is 2.15. The number of aromatic carboxylic acids is 1. The summed E-state index contributed by atoms with van der Waals surface area (Å²) in [6, 6.07) is 6.73. The van der Waals surface area contributed by atoms with Gasteiger partial charge in [-0.3, -0.25) is 0 Å². The lowest BCUT2D eigenvalue weighted by Crippen LogP contribution is -2.18. The van der Waals surface area contributed by atoms with Crippen molar-refractivity contribution in [2.24, 2.45) is 0 Å². The van der Waals surface area contributed by atoms with Crippen LogP contribution in [0.4, 0.5) is 4.39 Å². The van der Waals surface area contributed by atoms with Crippen LogP contribution in [-0.4, -0.2) is 11.1 Å². The summed E-state index contributed by atoms with van der Waals surface area (Å²) in [5, 5.41) is 12.1. The molecule has 1 heterocycles. The van der Waals surface area contributed by atoms with Gasteiger partial charge in [-0.2, -0.15) is 0 Å². The Balaban J connectivity index is 2.03. The highest BCUT2D eigenvalue weighted by atomic mass is 19.1. The summed E-state index contributed by atoms with van der Waals surface area (Å²) >= 11 is 0. The van der Waals surface area contributed by atoms with E-state index >= 15 is 0 Å². The molecular weight excluding hydrogens is 273 g/mol. The Morgan fingerprint density at radius 3 is 2.62 bits per heavy atom. The van der Waals surface area contributed by atoms with Crippen LogP contribution in [0.15, 0.2) is 28.7 Å². The molecule has 0 saturated heterocycles. The Bertz CT molecular complexity index is 664. The molecule has 5 heteroatoms. The SMILES string of the molecule is Cc1ccc(C(C)NCc2cc(C)c(C(=O)O)o2)cc1F. The molecule has 0 aliphatic carbocycles. The molecule has 0 bridgehead atoms. The van der Waals surface area contributed by atoms with E-state index in [4.69, 9.17) is 9.52 Å². The Kier molecular flexibility index (Phi) is 4.43. The molecule has 2 N–H and O–H groups in total. The molecule has 0 saturated carbocycles. The average Bonchev–Trinajstić information content (AvgIpc) is 2.80. The van der Waals surface area contributed by atoms with Crippen molar-refractivity contribution in [2.45, 2.75) is 33.4 Å². The molecule has 2 aromatic rings. The topological polar surface area (TPSA) is 62.5 Å². The smallest absolute Gasteiger partial charge is 0.372 e. The number of rotatable bonds is 5. The van der Waals surface area contributed by atoms with E-state index in [0.717, 1.165) is 5.56 Å². The van der Waals surface area contributed by atoms with Crippen molar-refractivity contribution in [2.75, 3.05) is 0 Å². The van der Waals surface area contributed by atoms with Crippen molar-refractivity contribution < 1.29 is 18.7 Å². The molecular formula is C16H18FNO3. The number of carbonyl (C=O) groups is 1. The number of aryl methyl sites for hydroxylation is 2. The molecule has 1 unspecified atom stereocenters. The molecule has 1 aromatic carbocycles. The first-order valence-electron chi connectivity index (χ1n) is 6.70. The fraction of sp³-hybridized carbons (Fsp3) is 0.312. The van der Waals surface area contributed by atoms with Crippen LogP contribution < -0.4 is 5.32 Å². The number of hydrogen-bond donors (Lipinski definition) is 2. The zero-order chi connectivity index (χ0) is 15.6. The fourth-order valence-corrected chi connectivity index (χ4v) is 2.10. The molecule has 0 aliphatic rings. The molecule has 0 spiro atoms. The van der Waals surface area contributed by atoms with E-state index < -0.39 is 5.97 Å². The molecule has 4 nitrogen and oxygen atoms in total. The summed E-state index contributed by atoms with van der Waals surface area (Å²) in [6.45, 7) is 5.70. The second kappa shape index (κ2) is 6.10. The van der Waals surface area contributed by atoms with Crippen molar-refractivity contribution in [1.29, 1.82) is 0 Å². The number of carboxylic acids is 1. The molecule has 0 fully saturated rings. The van der Waals surface area contributed by atoms with Gasteiger partial charge in [0.05, 0.1) is 6.54 Å². The first-order valence-corrected chi connectivity index (χ1v) is 6.70. The van der Waals surface area contributed by atoms with Crippen molar-refractivity contribution in [3.8, 4) is 0 Å². The zero-order valence-corrected chi connectivity index (χ0v) is 12.2. The van der Waals surface area contributed by atoms with E-state index in [2.05, 4.69) is 5.32 Å². The molecule has 1 aromatic heterocycles. The van der Waals surface area contributed by atoms with Crippen LogP contribution in [0.2, 0.25) is 0 Å². The Labute approximate surface area is 122 Å². The maximum Gasteiger partial charge on any atom is 0.372 e. The lowest BCUT2D eigenvalue weighted by atomic mass is 10.1. The lowest BCUT2D eigenvalue weighted by molar-refractivity contribution is 0.0659. The molecule has 21 heavy (non-hydrogen) atoms. The van der Waals surface area contributed by atoms with Gasteiger partial charge in [0.25, 0.3) is 0 Å². The van der Waals surface area contributed by atoms with Gasteiger partial charge in [-0.05, 0) is 44.0 Å². The first kappa shape index (κ1) is 15.3. The minimum absolute atomic E-state index is 0.0409. The summed E-state index contributed by atoms with van der Waals surface area (Å²) < 4.78 is 18.8. The second-order valence-electron chi connectivity index (χ2n) is 5.14. The molecule has 0 radical (unpaired) electrons. The van der Waals surface area contributed by atoms with Gasteiger partial charge in [-0.15, -0.1) is 0 Å². The van der Waals surface area contributed by atoms with Crippen LogP contribution in [-0.2, 0) is 6.54 Å². The summed E-state index contributed by atoms with van der Waals surface area (Å²) in [6.07, 6.45) is 0. The summed E-state index contributed by atoms with van der Waals surface area (Å²) in [4.78, 5) is 10.9. The summed E-state index contributed by atoms with van der Waals surface area (Å²) in [7, 11) is 0. The molecule has 1 atom stereocenters. The van der Waals surface area contributed by atoms with Gasteiger partial charge in [0.1, 0.15) is 11.6 Å². The van der Waals surface area contributed by atoms with Crippen LogP contribution in [0.25, 0.3) is 0 Å². The second-order valence-corrected chi connectivity index (χ2v) is 5.14. The predicted molar refractivity (Wildman–Crippen MR) is 76.8 cm³/mol. The van der Waals surface area contributed by atoms with E-state index in [9.17, 15) is 9.18 Å². The first-order chi connectivity index (χ1) is 9.88. The quantitative estimate of drug-likeness (QED) is 0.883. The van der Waals surface area contributed by atoms with E-state index in [-0.39, 0.29) is 17.6 Å². The number of carboxylic acid groups (broad SMARTS) is 1. The fourth-order valence-electron chi connectivity index (χ4n) is 2.10. The Morgan fingerprint density at radius 1 is 1.33 bits per heavy atom. The van der Waals surface area contributed by atoms with Crippen LogP contribution >= 0.6 is 0 Å². The maximum absolute atomic E-state index is 13.5. The summed E-state index contributed by atoms with van der Waals surface area (Å²) in [5.74, 6) is -0.805. The van der Waals surface area contributed by atoms with Gasteiger partial charge in [0.15, 0.2) is 0 Å². The highest BCUT2D eigenvalue weighted by Crippen LogP contribution is 2.18. The third-order valence-electron chi connectivity index (χ3n) is 3.44. The van der Waals surface area contributed by atoms with E-state index in [1.807, 2.05) is 13.0 Å². The Morgan fingerprint density at radius 2 is 2.05 bits per heavy atom. The maximum atomic E-state index is 13.5. The molecule has 112 valence electrons. The van der Waals surface area contributed by atoms with Crippen molar-refractivity contribution in [3.05, 3.63) is 58.3 Å². The monoisotopic (exact) mass is 291 g/mol. The largest absolute Gasteiger partial charge is 0.475 e. The van der Waals surface area contributed by atoms with Gasteiger partial charge >= 0.3 is 5.97 Å². The number of benzene rings is 1. The van der Waals surface area contributed by atoms with Crippen molar-refractivity contribution in [1.82, 2.24) is 5.32 Å². The van der Waals surface area contributed by atoms with Gasteiger partial charge in [-0.25, -0.2) is 9.18 Å². The summed E-state index contributed by atoms with van der Waals surface area (Å²) in [5.41, 5.74) is 2.03. The predicted octanol–water partition coefficient (Wildman–Crippen LogP) is 3.58. The Hall–Kier alpha value is -2.14. The molecule has 0 aliphatic heterocycles. The molecule has 2 rings (SSSR count). The normalized spacial score (nSPS) is 12.4. The van der Waals surface area contributed by atoms with Crippen molar-refractivity contribution in [3.63, 3.8) is 0 Å². The van der Waals surface area contributed by atoms with Gasteiger partial charge in [0.2, 0.25) is 5.76 Å². The number of nitrogens with one attached hydrogen (secondary N) is 1. The van der Waals surface area contributed by atoms with Crippen molar-refractivity contribution >= 4 is 5.97 Å². The standard InChI is InChI=1S/C16H18FNO3/c1-9-4-5-12(7-14(9)17)11(3)18-8-13-6-10(2)15(21-13)16(19)20/h4-7,11,18H,8H2,1-3H3,(H,19,20). The average molecular weight is 291 g/mol. The van der Waals surface area contributed by atoms with E-state index in [0.29, 0.717) is 23.4 Å². The van der Waals surface area contributed by atoms with Crippen LogP contribution in [0, 0.1) is 19.7 Å². The minimum atomic E-state index is -1.08. The van der Waals surface area contributed by atoms with Crippen LogP contribution in [0.3, 0.4) is 0 Å². The molecule has 0 amide bonds. The zero-order valence-electron chi connectivity index (χ0n) is 12.2. The minimum Gasteiger partial charge on any atom is -0.475 e. The number of furan rings is 1. The van der Waals surface area contributed by atoms with Crippen LogP contribution in [0.5, 0.6) is 0 Å². The van der Waals surface area contributed by atoms with Gasteiger partial charge in [0, 0.05) is 11.6 Å². The third-order valence-corrected chi connectivity index (χ3v) is 3.44. The van der Waals surface area contributed by atoms with E-state index in [1.165, 1.54) is 6.07 Å². The van der Waals surface area contributed by atoms with Gasteiger partial charge in [-0.1, -0.05) is 12.1 Å². The van der Waals surface area contributed by atoms with Gasteiger partial charge < -0.3 is 14.8 Å². The van der Waals surface area contributed by atoms with Crippen LogP contribution in [0.1, 0.15) is 46.0 Å². The number of halogens is 1. The van der Waals surface area contributed by atoms with E-state index in [1.54, 1.807) is 26.0 Å².